The molecule has 1 saturated carbocycles. The monoisotopic (exact) mass is 641 g/mol. The second kappa shape index (κ2) is 11.7. The third-order valence-corrected chi connectivity index (χ3v) is 7.56. The molecule has 0 bridgehead atoms. The van der Waals surface area contributed by atoms with Gasteiger partial charge in [-0.3, -0.25) is 9.59 Å². The molecule has 210 valence electrons. The van der Waals surface area contributed by atoms with E-state index in [0.29, 0.717) is 32.7 Å². The summed E-state index contributed by atoms with van der Waals surface area (Å²) in [5, 5.41) is 9.15. The van der Waals surface area contributed by atoms with Crippen molar-refractivity contribution in [3.8, 4) is 5.75 Å². The Balaban J connectivity index is 1.41. The van der Waals surface area contributed by atoms with E-state index in [9.17, 15) is 14.4 Å². The van der Waals surface area contributed by atoms with E-state index in [1.807, 2.05) is 20.8 Å². The van der Waals surface area contributed by atoms with Crippen molar-refractivity contribution in [3.63, 3.8) is 0 Å². The van der Waals surface area contributed by atoms with Gasteiger partial charge >= 0.3 is 6.09 Å². The van der Waals surface area contributed by atoms with Crippen LogP contribution in [0.3, 0.4) is 0 Å². The van der Waals surface area contributed by atoms with Gasteiger partial charge in [-0.05, 0) is 87.0 Å². The fraction of sp³-hybridized carbons (Fsp3) is 0.250. The Kier molecular flexibility index (Phi) is 8.83. The summed E-state index contributed by atoms with van der Waals surface area (Å²) >= 11 is 31.4. The maximum Gasteiger partial charge on any atom is 0.413 e. The van der Waals surface area contributed by atoms with Crippen molar-refractivity contribution in [3.05, 3.63) is 86.9 Å². The number of alkyl halides is 2. The second-order valence-electron chi connectivity index (χ2n) is 10.3. The van der Waals surface area contributed by atoms with E-state index in [2.05, 4.69) is 16.0 Å². The van der Waals surface area contributed by atoms with E-state index in [1.165, 1.54) is 12.1 Å². The number of ether oxygens (including phenoxy) is 1. The molecule has 0 radical (unpaired) electrons. The predicted molar refractivity (Wildman–Crippen MR) is 161 cm³/mol. The molecule has 0 aromatic heterocycles. The summed E-state index contributed by atoms with van der Waals surface area (Å²) in [6.45, 7) is 5.50. The second-order valence-corrected chi connectivity index (χ2v) is 13.0. The highest BCUT2D eigenvalue weighted by molar-refractivity contribution is 6.53. The molecule has 7 nitrogen and oxygen atoms in total. The van der Waals surface area contributed by atoms with Crippen molar-refractivity contribution < 1.29 is 19.1 Å². The number of halogens is 5. The van der Waals surface area contributed by atoms with Crippen LogP contribution in [0.2, 0.25) is 15.1 Å². The van der Waals surface area contributed by atoms with Crippen molar-refractivity contribution in [2.75, 3.05) is 10.6 Å². The summed E-state index contributed by atoms with van der Waals surface area (Å²) in [4.78, 5) is 38.0. The minimum atomic E-state index is -1.35. The Bertz CT molecular complexity index is 1450. The zero-order valence-electron chi connectivity index (χ0n) is 21.5. The van der Waals surface area contributed by atoms with Crippen LogP contribution in [0.15, 0.2) is 60.7 Å². The normalized spacial score (nSPS) is 17.5. The molecule has 12 heteroatoms. The lowest BCUT2D eigenvalue weighted by molar-refractivity contribution is -0.117. The van der Waals surface area contributed by atoms with Crippen molar-refractivity contribution >= 4 is 87.3 Å². The first-order valence-electron chi connectivity index (χ1n) is 12.0. The Morgan fingerprint density at radius 1 is 0.825 bits per heavy atom. The number of carbonyl (C=O) groups excluding carboxylic acids is 3. The number of amides is 3. The van der Waals surface area contributed by atoms with Crippen LogP contribution in [0, 0.1) is 5.92 Å². The van der Waals surface area contributed by atoms with Gasteiger partial charge < -0.3 is 20.7 Å². The van der Waals surface area contributed by atoms with Gasteiger partial charge in [0.05, 0.1) is 16.5 Å². The average Bonchev–Trinajstić information content (AvgIpc) is 3.41. The fourth-order valence-corrected chi connectivity index (χ4v) is 5.64. The van der Waals surface area contributed by atoms with Crippen LogP contribution in [-0.4, -0.2) is 27.8 Å². The van der Waals surface area contributed by atoms with E-state index in [4.69, 9.17) is 62.7 Å². The number of nitrogens with one attached hydrogen (secondary N) is 3. The molecule has 3 aromatic rings. The molecular formula is C28H24Cl5N3O4. The van der Waals surface area contributed by atoms with Gasteiger partial charge in [0, 0.05) is 32.9 Å². The third kappa shape index (κ3) is 7.33. The van der Waals surface area contributed by atoms with Crippen LogP contribution < -0.4 is 20.7 Å². The highest BCUT2D eigenvalue weighted by atomic mass is 35.5. The molecule has 1 aliphatic rings. The molecule has 0 aliphatic heterocycles. The molecule has 0 spiro atoms. The fourth-order valence-electron chi connectivity index (χ4n) is 4.06. The van der Waals surface area contributed by atoms with Crippen molar-refractivity contribution in [1.29, 1.82) is 0 Å². The molecule has 2 atom stereocenters. The first kappa shape index (κ1) is 30.3. The van der Waals surface area contributed by atoms with Crippen LogP contribution >= 0.6 is 58.0 Å². The Hall–Kier alpha value is -2.68. The quantitative estimate of drug-likeness (QED) is 0.236. The highest BCUT2D eigenvalue weighted by Gasteiger charge is 2.67. The number of hydrogen-bond donors (Lipinski definition) is 3. The maximum absolute atomic E-state index is 13.1. The molecule has 4 rings (SSSR count). The van der Waals surface area contributed by atoms with Crippen molar-refractivity contribution in [2.45, 2.75) is 36.6 Å². The summed E-state index contributed by atoms with van der Waals surface area (Å²) in [6.07, 6.45) is -0.593. The molecule has 3 aromatic carbocycles. The van der Waals surface area contributed by atoms with Gasteiger partial charge in [-0.1, -0.05) is 34.8 Å². The third-order valence-electron chi connectivity index (χ3n) is 5.86. The molecule has 2 unspecified atom stereocenters. The molecule has 40 heavy (non-hydrogen) atoms. The highest BCUT2D eigenvalue weighted by Crippen LogP contribution is 2.65. The topological polar surface area (TPSA) is 96.5 Å². The molecular weight excluding hydrogens is 620 g/mol. The molecule has 0 heterocycles. The molecule has 1 aliphatic carbocycles. The van der Waals surface area contributed by atoms with Gasteiger partial charge in [0.15, 0.2) is 0 Å². The van der Waals surface area contributed by atoms with Crippen LogP contribution in [-0.2, 0) is 4.79 Å². The lowest BCUT2D eigenvalue weighted by atomic mass is 10.1. The smallest absolute Gasteiger partial charge is 0.410 e. The maximum atomic E-state index is 13.1. The summed E-state index contributed by atoms with van der Waals surface area (Å²) in [6, 6.07) is 15.6. The molecule has 3 N–H and O–H groups in total. The number of hydrogen-bond acceptors (Lipinski definition) is 4. The molecule has 0 saturated heterocycles. The van der Waals surface area contributed by atoms with Gasteiger partial charge in [-0.15, -0.1) is 23.2 Å². The first-order valence-corrected chi connectivity index (χ1v) is 13.9. The minimum Gasteiger partial charge on any atom is -0.410 e. The van der Waals surface area contributed by atoms with E-state index < -0.39 is 39.6 Å². The van der Waals surface area contributed by atoms with Gasteiger partial charge in [0.1, 0.15) is 10.1 Å². The van der Waals surface area contributed by atoms with Crippen LogP contribution in [0.1, 0.15) is 42.6 Å². The van der Waals surface area contributed by atoms with Gasteiger partial charge in [0.25, 0.3) is 5.91 Å². The first-order chi connectivity index (χ1) is 18.6. The van der Waals surface area contributed by atoms with E-state index in [-0.39, 0.29) is 10.6 Å². The summed E-state index contributed by atoms with van der Waals surface area (Å²) < 4.78 is 3.88. The standard InChI is InChI=1S/C28H24Cl5N3O4/c1-27(2,3)36-26(39)40-19-7-4-17(5-8-19)34-24(37)20-13-18(6-9-21(20)31)35-25(38)23-22(28(23,32)33)14-10-15(29)12-16(30)11-14/h4-13,22-23H,1-3H3,(H,34,37)(H,35,38)(H,36,39). The lowest BCUT2D eigenvalue weighted by Gasteiger charge is -2.19. The lowest BCUT2D eigenvalue weighted by Crippen LogP contribution is -2.42. The number of rotatable bonds is 6. The van der Waals surface area contributed by atoms with E-state index >= 15 is 0 Å². The Labute approximate surface area is 256 Å². The number of carbonyl (C=O) groups is 3. The van der Waals surface area contributed by atoms with Gasteiger partial charge in [-0.25, -0.2) is 4.79 Å². The summed E-state index contributed by atoms with van der Waals surface area (Å²) in [5.41, 5.74) is 1.09. The minimum absolute atomic E-state index is 0.126. The zero-order valence-corrected chi connectivity index (χ0v) is 25.2. The molecule has 1 fully saturated rings. The Morgan fingerprint density at radius 3 is 2.02 bits per heavy atom. The van der Waals surface area contributed by atoms with Crippen molar-refractivity contribution in [2.24, 2.45) is 5.92 Å². The predicted octanol–water partition coefficient (Wildman–Crippen LogP) is 8.31. The number of anilines is 2. The number of benzene rings is 3. The average molecular weight is 644 g/mol. The van der Waals surface area contributed by atoms with Crippen molar-refractivity contribution in [1.82, 2.24) is 5.32 Å². The van der Waals surface area contributed by atoms with Crippen LogP contribution in [0.25, 0.3) is 0 Å². The van der Waals surface area contributed by atoms with Gasteiger partial charge in [-0.2, -0.15) is 0 Å². The van der Waals surface area contributed by atoms with Crippen LogP contribution in [0.4, 0.5) is 16.2 Å². The van der Waals surface area contributed by atoms with Gasteiger partial charge in [0.2, 0.25) is 5.91 Å². The Morgan fingerprint density at radius 2 is 1.43 bits per heavy atom. The van der Waals surface area contributed by atoms with E-state index in [0.717, 1.165) is 0 Å². The molecule has 3 amide bonds. The van der Waals surface area contributed by atoms with Crippen LogP contribution in [0.5, 0.6) is 5.75 Å². The van der Waals surface area contributed by atoms with E-state index in [1.54, 1.807) is 48.5 Å². The largest absolute Gasteiger partial charge is 0.413 e. The zero-order chi connectivity index (χ0) is 29.4. The SMILES string of the molecule is CC(C)(C)NC(=O)Oc1ccc(NC(=O)c2cc(NC(=O)C3C(c4cc(Cl)cc(Cl)c4)C3(Cl)Cl)ccc2Cl)cc1. The summed E-state index contributed by atoms with van der Waals surface area (Å²) in [7, 11) is 0. The summed E-state index contributed by atoms with van der Waals surface area (Å²) in [5.74, 6) is -1.94.